The lowest BCUT2D eigenvalue weighted by Crippen LogP contribution is -2.47. The highest BCUT2D eigenvalue weighted by atomic mass is 79.9. The van der Waals surface area contributed by atoms with Gasteiger partial charge in [-0.15, -0.1) is 0 Å². The summed E-state index contributed by atoms with van der Waals surface area (Å²) in [6.07, 6.45) is 2.38. The molecule has 2 heterocycles. The number of hydrogen-bond donors (Lipinski definition) is 2. The second kappa shape index (κ2) is 9.98. The van der Waals surface area contributed by atoms with Crippen LogP contribution in [-0.4, -0.2) is 40.2 Å². The Hall–Kier alpha value is -2.55. The Bertz CT molecular complexity index is 1060. The number of nitrogens with one attached hydrogen (secondary N) is 1. The molecule has 1 aromatic heterocycles. The van der Waals surface area contributed by atoms with Gasteiger partial charge >= 0.3 is 0 Å². The minimum Gasteiger partial charge on any atom is -0.384 e. The van der Waals surface area contributed by atoms with E-state index in [1.165, 1.54) is 5.56 Å². The molecule has 0 unspecified atom stereocenters. The van der Waals surface area contributed by atoms with Crippen LogP contribution in [0.2, 0.25) is 0 Å². The molecule has 0 radical (unpaired) electrons. The van der Waals surface area contributed by atoms with Crippen LogP contribution in [0.5, 0.6) is 0 Å². The third-order valence-corrected chi connectivity index (χ3v) is 7.38. The quantitative estimate of drug-likeness (QED) is 0.579. The molecule has 2 amide bonds. The number of rotatable bonds is 6. The fraction of sp³-hybridized carbons (Fsp3) is 0.480. The summed E-state index contributed by atoms with van der Waals surface area (Å²) in [6.45, 7) is 1.20. The van der Waals surface area contributed by atoms with E-state index in [0.717, 1.165) is 27.8 Å². The highest BCUT2D eigenvalue weighted by Crippen LogP contribution is 2.39. The molecule has 34 heavy (non-hydrogen) atoms. The summed E-state index contributed by atoms with van der Waals surface area (Å²) < 4.78 is 29.7. The largest absolute Gasteiger partial charge is 0.384 e. The van der Waals surface area contributed by atoms with E-state index in [-0.39, 0.29) is 18.4 Å². The van der Waals surface area contributed by atoms with E-state index in [4.69, 9.17) is 5.73 Å². The Morgan fingerprint density at radius 2 is 1.94 bits per heavy atom. The van der Waals surface area contributed by atoms with Gasteiger partial charge in [0, 0.05) is 29.1 Å². The van der Waals surface area contributed by atoms with Gasteiger partial charge in [0.15, 0.2) is 0 Å². The summed E-state index contributed by atoms with van der Waals surface area (Å²) >= 11 is 3.43. The molecule has 1 saturated carbocycles. The first-order valence-electron chi connectivity index (χ1n) is 11.5. The fourth-order valence-corrected chi connectivity index (χ4v) is 5.32. The van der Waals surface area contributed by atoms with E-state index in [2.05, 4.69) is 38.4 Å². The van der Waals surface area contributed by atoms with Crippen LogP contribution in [0.15, 0.2) is 40.9 Å². The van der Waals surface area contributed by atoms with Crippen LogP contribution in [-0.2, 0) is 22.6 Å². The first-order valence-corrected chi connectivity index (χ1v) is 12.3. The number of hydrogen-bond acceptors (Lipinski definition) is 4. The van der Waals surface area contributed by atoms with Gasteiger partial charge in [0.1, 0.15) is 11.9 Å². The molecule has 3 N–H and O–H groups in total. The number of amides is 2. The number of halogens is 3. The van der Waals surface area contributed by atoms with Crippen LogP contribution >= 0.6 is 15.9 Å². The van der Waals surface area contributed by atoms with Gasteiger partial charge in [0.2, 0.25) is 11.8 Å². The monoisotopic (exact) mass is 534 g/mol. The molecule has 2 aliphatic rings. The molecule has 182 valence electrons. The number of carbonyl (C=O) groups excluding carboxylic acids is 2. The number of benzene rings is 1. The van der Waals surface area contributed by atoms with Crippen molar-refractivity contribution in [1.82, 2.24) is 15.2 Å². The maximum absolute atomic E-state index is 14.3. The number of likely N-dealkylation sites (tertiary alicyclic amines) is 1. The number of anilines is 1. The molecule has 0 spiro atoms. The van der Waals surface area contributed by atoms with E-state index >= 15 is 0 Å². The topological polar surface area (TPSA) is 88.3 Å². The minimum absolute atomic E-state index is 0.140. The molecule has 9 heteroatoms. The van der Waals surface area contributed by atoms with Crippen molar-refractivity contribution >= 4 is 33.6 Å². The maximum Gasteiger partial charge on any atom is 0.267 e. The van der Waals surface area contributed by atoms with Crippen molar-refractivity contribution in [2.45, 2.75) is 57.5 Å². The molecule has 2 fully saturated rings. The first kappa shape index (κ1) is 24.6. The second-order valence-corrected chi connectivity index (χ2v) is 10.4. The van der Waals surface area contributed by atoms with E-state index in [0.29, 0.717) is 30.3 Å². The van der Waals surface area contributed by atoms with Gasteiger partial charge in [-0.25, -0.2) is 13.8 Å². The van der Waals surface area contributed by atoms with Crippen LogP contribution in [0, 0.1) is 18.8 Å². The standard InChI is InChI=1S/C25H29BrF2N4O2/c1-15-19(6-9-22(29)31-15)13-30-23(33)21-12-25(27,28)14-32(21)24(34)18-5-2-17(11-18)10-16-3-7-20(26)8-4-16/h3-4,6-9,17-18,21H,2,5,10-14H2,1H3,(H2,29,31)(H,30,33)/t17-,18+,21-/m1/s1. The third kappa shape index (κ3) is 5.74. The molecule has 4 rings (SSSR count). The Kier molecular flexibility index (Phi) is 7.21. The van der Waals surface area contributed by atoms with Crippen molar-refractivity contribution < 1.29 is 18.4 Å². The second-order valence-electron chi connectivity index (χ2n) is 9.45. The lowest BCUT2D eigenvalue weighted by Gasteiger charge is -2.26. The fourth-order valence-electron chi connectivity index (χ4n) is 5.05. The molecule has 1 aliphatic carbocycles. The van der Waals surface area contributed by atoms with E-state index in [9.17, 15) is 18.4 Å². The van der Waals surface area contributed by atoms with Gasteiger partial charge in [-0.05, 0) is 67.9 Å². The number of nitrogen functional groups attached to an aromatic ring is 1. The van der Waals surface area contributed by atoms with Crippen LogP contribution < -0.4 is 11.1 Å². The van der Waals surface area contributed by atoms with Crippen molar-refractivity contribution in [1.29, 1.82) is 0 Å². The van der Waals surface area contributed by atoms with Crippen molar-refractivity contribution in [2.24, 2.45) is 11.8 Å². The van der Waals surface area contributed by atoms with Gasteiger partial charge in [0.05, 0.1) is 6.54 Å². The van der Waals surface area contributed by atoms with Gasteiger partial charge < -0.3 is 16.0 Å². The molecule has 2 aromatic rings. The molecule has 6 nitrogen and oxygen atoms in total. The average Bonchev–Trinajstić information content (AvgIpc) is 3.38. The molecule has 0 bridgehead atoms. The predicted molar refractivity (Wildman–Crippen MR) is 129 cm³/mol. The van der Waals surface area contributed by atoms with Crippen molar-refractivity contribution in [3.63, 3.8) is 0 Å². The van der Waals surface area contributed by atoms with Gasteiger partial charge in [-0.1, -0.05) is 34.1 Å². The molecule has 1 aliphatic heterocycles. The van der Waals surface area contributed by atoms with Crippen LogP contribution in [0.25, 0.3) is 0 Å². The van der Waals surface area contributed by atoms with Gasteiger partial charge in [0.25, 0.3) is 5.92 Å². The zero-order chi connectivity index (χ0) is 24.5. The lowest BCUT2D eigenvalue weighted by atomic mass is 9.96. The first-order chi connectivity index (χ1) is 16.1. The van der Waals surface area contributed by atoms with E-state index in [1.807, 2.05) is 12.1 Å². The number of carbonyl (C=O) groups is 2. The number of nitrogens with zero attached hydrogens (tertiary/aromatic N) is 2. The summed E-state index contributed by atoms with van der Waals surface area (Å²) in [6, 6.07) is 10.3. The molecular formula is C25H29BrF2N4O2. The SMILES string of the molecule is Cc1nc(N)ccc1CNC(=O)[C@H]1CC(F)(F)CN1C(=O)[C@H]1CC[C@H](Cc2ccc(Br)cc2)C1. The zero-order valence-corrected chi connectivity index (χ0v) is 20.7. The number of aromatic nitrogens is 1. The molecule has 3 atom stereocenters. The van der Waals surface area contributed by atoms with E-state index < -0.39 is 30.8 Å². The van der Waals surface area contributed by atoms with Crippen LogP contribution in [0.1, 0.15) is 42.5 Å². The summed E-state index contributed by atoms with van der Waals surface area (Å²) in [7, 11) is 0. The summed E-state index contributed by atoms with van der Waals surface area (Å²) in [4.78, 5) is 31.4. The summed E-state index contributed by atoms with van der Waals surface area (Å²) in [5.41, 5.74) is 8.26. The average molecular weight is 535 g/mol. The number of aryl methyl sites for hydroxylation is 1. The highest BCUT2D eigenvalue weighted by molar-refractivity contribution is 9.10. The Morgan fingerprint density at radius 1 is 1.21 bits per heavy atom. The Labute approximate surface area is 206 Å². The zero-order valence-electron chi connectivity index (χ0n) is 19.1. The summed E-state index contributed by atoms with van der Waals surface area (Å²) in [5.74, 6) is -3.60. The third-order valence-electron chi connectivity index (χ3n) is 6.85. The predicted octanol–water partition coefficient (Wildman–Crippen LogP) is 4.25. The van der Waals surface area contributed by atoms with Crippen LogP contribution in [0.4, 0.5) is 14.6 Å². The Balaban J connectivity index is 1.38. The maximum atomic E-state index is 14.3. The van der Waals surface area contributed by atoms with Crippen molar-refractivity contribution in [3.05, 3.63) is 57.7 Å². The summed E-state index contributed by atoms with van der Waals surface area (Å²) in [5, 5.41) is 2.71. The van der Waals surface area contributed by atoms with Crippen molar-refractivity contribution in [2.75, 3.05) is 12.3 Å². The van der Waals surface area contributed by atoms with E-state index in [1.54, 1.807) is 19.1 Å². The minimum atomic E-state index is -3.08. The number of pyridine rings is 1. The normalized spacial score (nSPS) is 23.8. The number of nitrogens with two attached hydrogens (primary N) is 1. The molecular weight excluding hydrogens is 506 g/mol. The molecule has 1 aromatic carbocycles. The lowest BCUT2D eigenvalue weighted by molar-refractivity contribution is -0.142. The van der Waals surface area contributed by atoms with Gasteiger partial charge in [-0.3, -0.25) is 9.59 Å². The van der Waals surface area contributed by atoms with Crippen molar-refractivity contribution in [3.8, 4) is 0 Å². The smallest absolute Gasteiger partial charge is 0.267 e. The molecule has 1 saturated heterocycles. The highest BCUT2D eigenvalue weighted by Gasteiger charge is 2.51. The Morgan fingerprint density at radius 3 is 2.65 bits per heavy atom. The van der Waals surface area contributed by atoms with Gasteiger partial charge in [-0.2, -0.15) is 0 Å². The van der Waals surface area contributed by atoms with Crippen LogP contribution in [0.3, 0.4) is 0 Å². The number of alkyl halides is 2.